The van der Waals surface area contributed by atoms with E-state index in [-0.39, 0.29) is 6.04 Å². The van der Waals surface area contributed by atoms with Crippen molar-refractivity contribution in [1.82, 2.24) is 10.3 Å². The molecule has 0 aliphatic heterocycles. The van der Waals surface area contributed by atoms with E-state index in [1.54, 1.807) is 11.3 Å². The Morgan fingerprint density at radius 2 is 2.06 bits per heavy atom. The third-order valence-corrected chi connectivity index (χ3v) is 4.41. The van der Waals surface area contributed by atoms with Crippen molar-refractivity contribution in [1.29, 1.82) is 0 Å². The van der Waals surface area contributed by atoms with Crippen LogP contribution in [-0.4, -0.2) is 11.0 Å². The van der Waals surface area contributed by atoms with Gasteiger partial charge in [0.2, 0.25) is 0 Å². The van der Waals surface area contributed by atoms with Crippen LogP contribution in [0.1, 0.15) is 40.2 Å². The van der Waals surface area contributed by atoms with Gasteiger partial charge in [0.1, 0.15) is 5.01 Å². The molecule has 2 nitrogen and oxygen atoms in total. The zero-order chi connectivity index (χ0) is 12.4. The average molecular weight is 266 g/mol. The van der Waals surface area contributed by atoms with E-state index in [0.29, 0.717) is 6.04 Å². The molecule has 0 saturated heterocycles. The van der Waals surface area contributed by atoms with Gasteiger partial charge in [-0.05, 0) is 39.3 Å². The van der Waals surface area contributed by atoms with Crippen LogP contribution in [0.15, 0.2) is 17.6 Å². The van der Waals surface area contributed by atoms with Gasteiger partial charge in [0.25, 0.3) is 0 Å². The molecule has 2 aromatic rings. The molecule has 0 aliphatic carbocycles. The first kappa shape index (κ1) is 12.7. The Morgan fingerprint density at radius 3 is 2.53 bits per heavy atom. The second-order valence-electron chi connectivity index (χ2n) is 4.49. The van der Waals surface area contributed by atoms with E-state index in [4.69, 9.17) is 0 Å². The van der Waals surface area contributed by atoms with Gasteiger partial charge >= 0.3 is 0 Å². The first-order chi connectivity index (χ1) is 8.08. The van der Waals surface area contributed by atoms with Gasteiger partial charge in [0.05, 0.1) is 6.04 Å². The van der Waals surface area contributed by atoms with Crippen LogP contribution in [0.4, 0.5) is 0 Å². The quantitative estimate of drug-likeness (QED) is 0.907. The molecule has 0 aromatic carbocycles. The van der Waals surface area contributed by atoms with Gasteiger partial charge in [-0.3, -0.25) is 0 Å². The second-order valence-corrected chi connectivity index (χ2v) is 6.88. The number of aromatic nitrogens is 1. The monoisotopic (exact) mass is 266 g/mol. The van der Waals surface area contributed by atoms with Crippen molar-refractivity contribution in [3.8, 4) is 0 Å². The van der Waals surface area contributed by atoms with E-state index in [9.17, 15) is 0 Å². The molecule has 4 heteroatoms. The van der Waals surface area contributed by atoms with Crippen LogP contribution in [0.3, 0.4) is 0 Å². The third-order valence-electron chi connectivity index (χ3n) is 2.59. The fraction of sp³-hybridized carbons (Fsp3) is 0.462. The van der Waals surface area contributed by atoms with Crippen molar-refractivity contribution in [2.45, 2.75) is 39.8 Å². The molecule has 17 heavy (non-hydrogen) atoms. The predicted molar refractivity (Wildman–Crippen MR) is 76.0 cm³/mol. The lowest BCUT2D eigenvalue weighted by Crippen LogP contribution is -2.29. The van der Waals surface area contributed by atoms with Crippen molar-refractivity contribution in [2.24, 2.45) is 0 Å². The van der Waals surface area contributed by atoms with E-state index in [1.807, 2.05) is 22.9 Å². The van der Waals surface area contributed by atoms with Crippen LogP contribution in [-0.2, 0) is 0 Å². The summed E-state index contributed by atoms with van der Waals surface area (Å²) in [6, 6.07) is 2.96. The largest absolute Gasteiger partial charge is 0.302 e. The summed E-state index contributed by atoms with van der Waals surface area (Å²) < 4.78 is 0. The van der Waals surface area contributed by atoms with Gasteiger partial charge in [0.15, 0.2) is 0 Å². The molecule has 0 radical (unpaired) electrons. The van der Waals surface area contributed by atoms with Crippen molar-refractivity contribution in [3.63, 3.8) is 0 Å². The maximum Gasteiger partial charge on any atom is 0.114 e. The molecule has 0 saturated carbocycles. The highest BCUT2D eigenvalue weighted by Crippen LogP contribution is 2.31. The van der Waals surface area contributed by atoms with Crippen LogP contribution < -0.4 is 5.32 Å². The highest BCUT2D eigenvalue weighted by atomic mass is 32.1. The summed E-state index contributed by atoms with van der Waals surface area (Å²) in [6.07, 6.45) is 1.88. The summed E-state index contributed by atoms with van der Waals surface area (Å²) in [5.74, 6) is 0. The molecule has 1 N–H and O–H groups in total. The normalized spacial score (nSPS) is 13.2. The molecule has 1 atom stereocenters. The molecule has 2 aromatic heterocycles. The lowest BCUT2D eigenvalue weighted by Gasteiger charge is -2.19. The minimum absolute atomic E-state index is 0.236. The molecule has 0 bridgehead atoms. The van der Waals surface area contributed by atoms with Crippen molar-refractivity contribution in [2.75, 3.05) is 0 Å². The number of rotatable bonds is 4. The number of aryl methyl sites for hydroxylation is 2. The Hall–Kier alpha value is -0.710. The summed E-state index contributed by atoms with van der Waals surface area (Å²) in [5.41, 5.74) is 1.37. The van der Waals surface area contributed by atoms with E-state index >= 15 is 0 Å². The molecule has 0 amide bonds. The Labute approximate surface area is 111 Å². The lowest BCUT2D eigenvalue weighted by atomic mass is 10.1. The van der Waals surface area contributed by atoms with Gasteiger partial charge in [-0.2, -0.15) is 0 Å². The highest BCUT2D eigenvalue weighted by molar-refractivity contribution is 7.12. The molecule has 0 spiro atoms. The molecular formula is C13H18N2S2. The summed E-state index contributed by atoms with van der Waals surface area (Å²) in [7, 11) is 0. The maximum absolute atomic E-state index is 4.46. The third kappa shape index (κ3) is 2.94. The fourth-order valence-corrected chi connectivity index (χ4v) is 3.62. The van der Waals surface area contributed by atoms with Gasteiger partial charge < -0.3 is 5.32 Å². The Bertz CT molecular complexity index is 472. The van der Waals surface area contributed by atoms with Crippen molar-refractivity contribution < 1.29 is 0 Å². The van der Waals surface area contributed by atoms with E-state index in [0.717, 1.165) is 5.01 Å². The van der Waals surface area contributed by atoms with E-state index < -0.39 is 0 Å². The number of hydrogen-bond donors (Lipinski definition) is 1. The Morgan fingerprint density at radius 1 is 1.29 bits per heavy atom. The van der Waals surface area contributed by atoms with Gasteiger partial charge in [-0.15, -0.1) is 22.7 Å². The second kappa shape index (κ2) is 5.29. The van der Waals surface area contributed by atoms with Crippen LogP contribution in [0.25, 0.3) is 0 Å². The minimum atomic E-state index is 0.236. The molecule has 0 aliphatic rings. The molecule has 0 fully saturated rings. The molecule has 1 unspecified atom stereocenters. The predicted octanol–water partition coefficient (Wildman–Crippen LogP) is 3.91. The number of thiazole rings is 1. The van der Waals surface area contributed by atoms with Crippen LogP contribution in [0.2, 0.25) is 0 Å². The first-order valence-electron chi connectivity index (χ1n) is 5.80. The molecular weight excluding hydrogens is 248 g/mol. The molecule has 92 valence electrons. The van der Waals surface area contributed by atoms with Crippen LogP contribution in [0, 0.1) is 13.8 Å². The fourth-order valence-electron chi connectivity index (χ4n) is 1.94. The lowest BCUT2D eigenvalue weighted by molar-refractivity contribution is 0.526. The summed E-state index contributed by atoms with van der Waals surface area (Å²) in [4.78, 5) is 7.21. The number of nitrogens with zero attached hydrogens (tertiary/aromatic N) is 1. The van der Waals surface area contributed by atoms with Gasteiger partial charge in [-0.25, -0.2) is 4.98 Å². The summed E-state index contributed by atoms with van der Waals surface area (Å²) in [6.45, 7) is 8.70. The number of hydrogen-bond acceptors (Lipinski definition) is 4. The molecule has 2 rings (SSSR count). The molecule has 2 heterocycles. The van der Waals surface area contributed by atoms with E-state index in [2.05, 4.69) is 44.1 Å². The summed E-state index contributed by atoms with van der Waals surface area (Å²) in [5, 5.41) is 6.80. The topological polar surface area (TPSA) is 24.9 Å². The number of thiophene rings is 1. The van der Waals surface area contributed by atoms with Gasteiger partial charge in [0, 0.05) is 27.4 Å². The zero-order valence-corrected chi connectivity index (χ0v) is 12.3. The minimum Gasteiger partial charge on any atom is -0.302 e. The Kier molecular flexibility index (Phi) is 3.97. The van der Waals surface area contributed by atoms with Gasteiger partial charge in [-0.1, -0.05) is 0 Å². The van der Waals surface area contributed by atoms with Crippen LogP contribution in [0.5, 0.6) is 0 Å². The van der Waals surface area contributed by atoms with Crippen molar-refractivity contribution in [3.05, 3.63) is 38.0 Å². The maximum atomic E-state index is 4.46. The smallest absolute Gasteiger partial charge is 0.114 e. The highest BCUT2D eigenvalue weighted by Gasteiger charge is 2.20. The zero-order valence-electron chi connectivity index (χ0n) is 10.7. The van der Waals surface area contributed by atoms with Crippen molar-refractivity contribution >= 4 is 22.7 Å². The SMILES string of the molecule is Cc1cc(C(NC(C)C)c2nccs2)c(C)s1. The average Bonchev–Trinajstić information content (AvgIpc) is 2.84. The first-order valence-corrected chi connectivity index (χ1v) is 7.50. The van der Waals surface area contributed by atoms with Crippen LogP contribution >= 0.6 is 22.7 Å². The number of nitrogens with one attached hydrogen (secondary N) is 1. The standard InChI is InChI=1S/C13H18N2S2/c1-8(2)15-12(13-14-5-6-16-13)11-7-9(3)17-10(11)4/h5-8,12,15H,1-4H3. The summed E-state index contributed by atoms with van der Waals surface area (Å²) >= 11 is 3.58. The Balaban J connectivity index is 2.37. The van der Waals surface area contributed by atoms with E-state index in [1.165, 1.54) is 15.3 Å².